The van der Waals surface area contributed by atoms with Gasteiger partial charge in [-0.3, -0.25) is 9.36 Å². The second kappa shape index (κ2) is 5.56. The first-order chi connectivity index (χ1) is 11.6. The van der Waals surface area contributed by atoms with Crippen molar-refractivity contribution in [3.8, 4) is 5.69 Å². The van der Waals surface area contributed by atoms with Gasteiger partial charge < -0.3 is 5.32 Å². The molecule has 0 aliphatic carbocycles. The third-order valence-corrected chi connectivity index (χ3v) is 4.15. The van der Waals surface area contributed by atoms with Gasteiger partial charge in [-0.1, -0.05) is 12.1 Å². The van der Waals surface area contributed by atoms with E-state index < -0.39 is 0 Å². The normalized spacial score (nSPS) is 16.6. The van der Waals surface area contributed by atoms with E-state index in [0.29, 0.717) is 17.2 Å². The molecule has 1 N–H and O–H groups in total. The Balaban J connectivity index is 1.80. The van der Waals surface area contributed by atoms with Crippen molar-refractivity contribution in [2.24, 2.45) is 0 Å². The first-order valence-corrected chi connectivity index (χ1v) is 7.50. The van der Waals surface area contributed by atoms with Crippen LogP contribution in [0.25, 0.3) is 5.69 Å². The number of carbonyl (C=O) groups excluding carboxylic acids is 1. The van der Waals surface area contributed by atoms with Crippen molar-refractivity contribution in [2.45, 2.75) is 12.3 Å². The Hall–Kier alpha value is -3.02. The summed E-state index contributed by atoms with van der Waals surface area (Å²) in [4.78, 5) is 16.6. The summed E-state index contributed by atoms with van der Waals surface area (Å²) in [6.07, 6.45) is 1.85. The molecule has 3 aromatic rings. The van der Waals surface area contributed by atoms with Gasteiger partial charge in [0, 0.05) is 18.0 Å². The van der Waals surface area contributed by atoms with Crippen LogP contribution in [0.2, 0.25) is 0 Å². The Morgan fingerprint density at radius 1 is 1.00 bits per heavy atom. The summed E-state index contributed by atoms with van der Waals surface area (Å²) < 4.78 is 28.0. The maximum Gasteiger partial charge on any atom is 0.226 e. The van der Waals surface area contributed by atoms with Crippen LogP contribution in [0.3, 0.4) is 0 Å². The van der Waals surface area contributed by atoms with Crippen molar-refractivity contribution in [3.63, 3.8) is 0 Å². The first kappa shape index (κ1) is 14.6. The van der Waals surface area contributed by atoms with Gasteiger partial charge >= 0.3 is 0 Å². The van der Waals surface area contributed by atoms with Crippen molar-refractivity contribution in [1.29, 1.82) is 0 Å². The molecule has 120 valence electrons. The van der Waals surface area contributed by atoms with Crippen molar-refractivity contribution in [3.05, 3.63) is 77.8 Å². The molecule has 0 saturated heterocycles. The second-order valence-corrected chi connectivity index (χ2v) is 5.68. The molecule has 24 heavy (non-hydrogen) atoms. The first-order valence-electron chi connectivity index (χ1n) is 7.50. The Labute approximate surface area is 136 Å². The zero-order valence-electron chi connectivity index (χ0n) is 12.5. The molecular formula is C18H13F2N3O. The van der Waals surface area contributed by atoms with Crippen LogP contribution in [0.15, 0.2) is 54.9 Å². The van der Waals surface area contributed by atoms with Gasteiger partial charge in [0.15, 0.2) is 0 Å². The van der Waals surface area contributed by atoms with E-state index in [9.17, 15) is 13.6 Å². The summed E-state index contributed by atoms with van der Waals surface area (Å²) in [5.74, 6) is -0.471. The van der Waals surface area contributed by atoms with Gasteiger partial charge in [0.1, 0.15) is 23.8 Å². The quantitative estimate of drug-likeness (QED) is 0.782. The number of amides is 1. The number of carbonyl (C=O) groups is 1. The second-order valence-electron chi connectivity index (χ2n) is 5.68. The molecule has 2 aromatic carbocycles. The average molecular weight is 325 g/mol. The number of hydrogen-bond donors (Lipinski definition) is 1. The van der Waals surface area contributed by atoms with Gasteiger partial charge in [-0.2, -0.15) is 0 Å². The minimum atomic E-state index is -0.332. The highest BCUT2D eigenvalue weighted by atomic mass is 19.1. The number of benzene rings is 2. The summed E-state index contributed by atoms with van der Waals surface area (Å²) in [7, 11) is 0. The van der Waals surface area contributed by atoms with E-state index in [2.05, 4.69) is 10.3 Å². The van der Waals surface area contributed by atoms with E-state index in [1.807, 2.05) is 0 Å². The lowest BCUT2D eigenvalue weighted by molar-refractivity contribution is -0.116. The predicted octanol–water partition coefficient (Wildman–Crippen LogP) is 3.62. The third kappa shape index (κ3) is 2.46. The molecule has 1 unspecified atom stereocenters. The lowest BCUT2D eigenvalue weighted by Gasteiger charge is -2.23. The molecule has 0 bridgehead atoms. The Bertz CT molecular complexity index is 901. The zero-order valence-corrected chi connectivity index (χ0v) is 12.5. The molecule has 0 radical (unpaired) electrons. The van der Waals surface area contributed by atoms with Crippen LogP contribution in [0.1, 0.15) is 23.6 Å². The molecule has 0 fully saturated rings. The van der Waals surface area contributed by atoms with E-state index in [0.717, 1.165) is 5.56 Å². The Morgan fingerprint density at radius 2 is 1.62 bits per heavy atom. The highest BCUT2D eigenvalue weighted by Crippen LogP contribution is 2.37. The molecule has 4 rings (SSSR count). The summed E-state index contributed by atoms with van der Waals surface area (Å²) in [6.45, 7) is 0. The SMILES string of the molecule is O=C1CC(c2ccc(F)cc2)c2ncn(-c3ccc(F)cc3)c2N1. The maximum absolute atomic E-state index is 13.2. The molecular weight excluding hydrogens is 312 g/mol. The smallest absolute Gasteiger partial charge is 0.226 e. The molecule has 0 spiro atoms. The van der Waals surface area contributed by atoms with Gasteiger partial charge in [-0.15, -0.1) is 0 Å². The van der Waals surface area contributed by atoms with E-state index in [-0.39, 0.29) is 29.9 Å². The van der Waals surface area contributed by atoms with Crippen molar-refractivity contribution < 1.29 is 13.6 Å². The number of nitrogens with zero attached hydrogens (tertiary/aromatic N) is 2. The van der Waals surface area contributed by atoms with Crippen molar-refractivity contribution in [1.82, 2.24) is 9.55 Å². The van der Waals surface area contributed by atoms with Crippen LogP contribution in [0.4, 0.5) is 14.6 Å². The summed E-state index contributed by atoms with van der Waals surface area (Å²) >= 11 is 0. The van der Waals surface area contributed by atoms with Crippen LogP contribution in [0, 0.1) is 11.6 Å². The van der Waals surface area contributed by atoms with Crippen LogP contribution in [-0.2, 0) is 4.79 Å². The number of anilines is 1. The number of halogens is 2. The minimum Gasteiger partial charge on any atom is -0.310 e. The monoisotopic (exact) mass is 325 g/mol. The fraction of sp³-hybridized carbons (Fsp3) is 0.111. The number of imidazole rings is 1. The van der Waals surface area contributed by atoms with Gasteiger partial charge in [0.25, 0.3) is 0 Å². The van der Waals surface area contributed by atoms with Gasteiger partial charge in [-0.25, -0.2) is 13.8 Å². The number of aromatic nitrogens is 2. The fourth-order valence-electron chi connectivity index (χ4n) is 2.97. The predicted molar refractivity (Wildman–Crippen MR) is 85.0 cm³/mol. The highest BCUT2D eigenvalue weighted by Gasteiger charge is 2.30. The molecule has 1 aliphatic rings. The molecule has 1 amide bonds. The van der Waals surface area contributed by atoms with Crippen molar-refractivity contribution in [2.75, 3.05) is 5.32 Å². The summed E-state index contributed by atoms with van der Waals surface area (Å²) in [6, 6.07) is 12.0. The molecule has 6 heteroatoms. The third-order valence-electron chi connectivity index (χ3n) is 4.15. The molecule has 1 aromatic heterocycles. The van der Waals surface area contributed by atoms with Crippen LogP contribution >= 0.6 is 0 Å². The van der Waals surface area contributed by atoms with Crippen LogP contribution in [0.5, 0.6) is 0 Å². The van der Waals surface area contributed by atoms with Crippen LogP contribution < -0.4 is 5.32 Å². The number of rotatable bonds is 2. The fourth-order valence-corrected chi connectivity index (χ4v) is 2.97. The number of hydrogen-bond acceptors (Lipinski definition) is 2. The molecule has 0 saturated carbocycles. The van der Waals surface area contributed by atoms with Gasteiger partial charge in [0.2, 0.25) is 5.91 Å². The van der Waals surface area contributed by atoms with E-state index in [4.69, 9.17) is 0 Å². The minimum absolute atomic E-state index is 0.138. The summed E-state index contributed by atoms with van der Waals surface area (Å²) in [5, 5.41) is 2.83. The zero-order chi connectivity index (χ0) is 16.7. The Kier molecular flexibility index (Phi) is 3.37. The van der Waals surface area contributed by atoms with E-state index in [1.54, 1.807) is 35.2 Å². The topological polar surface area (TPSA) is 46.9 Å². The van der Waals surface area contributed by atoms with Gasteiger partial charge in [-0.05, 0) is 42.0 Å². The number of nitrogens with one attached hydrogen (secondary N) is 1. The lowest BCUT2D eigenvalue weighted by atomic mass is 9.90. The molecule has 1 atom stereocenters. The lowest BCUT2D eigenvalue weighted by Crippen LogP contribution is -2.24. The van der Waals surface area contributed by atoms with Gasteiger partial charge in [0.05, 0.1) is 5.69 Å². The molecule has 1 aliphatic heterocycles. The molecule has 2 heterocycles. The summed E-state index contributed by atoms with van der Waals surface area (Å²) in [5.41, 5.74) is 2.24. The Morgan fingerprint density at radius 3 is 2.29 bits per heavy atom. The maximum atomic E-state index is 13.2. The number of fused-ring (bicyclic) bond motifs is 1. The van der Waals surface area contributed by atoms with E-state index >= 15 is 0 Å². The van der Waals surface area contributed by atoms with Crippen LogP contribution in [-0.4, -0.2) is 15.5 Å². The molecule has 4 nitrogen and oxygen atoms in total. The average Bonchev–Trinajstić information content (AvgIpc) is 2.99. The van der Waals surface area contributed by atoms with Crippen molar-refractivity contribution >= 4 is 11.7 Å². The van der Waals surface area contributed by atoms with E-state index in [1.165, 1.54) is 24.3 Å². The highest BCUT2D eigenvalue weighted by molar-refractivity contribution is 5.94. The standard InChI is InChI=1S/C18H13F2N3O/c19-12-3-1-11(2-4-12)15-9-16(24)22-18-17(15)21-10-23(18)14-7-5-13(20)6-8-14/h1-8,10,15H,9H2,(H,22,24). The largest absolute Gasteiger partial charge is 0.310 e.